The Morgan fingerprint density at radius 3 is 2.50 bits per heavy atom. The molecule has 0 spiro atoms. The highest BCUT2D eigenvalue weighted by molar-refractivity contribution is 5.16. The minimum absolute atomic E-state index is 0.122. The molecule has 0 fully saturated rings. The highest BCUT2D eigenvalue weighted by Crippen LogP contribution is 2.29. The Kier molecular flexibility index (Phi) is 2.84. The summed E-state index contributed by atoms with van der Waals surface area (Å²) in [5, 5.41) is 3.39. The third kappa shape index (κ3) is 2.06. The van der Waals surface area contributed by atoms with Crippen molar-refractivity contribution in [1.82, 2.24) is 9.78 Å². The molecular weight excluding hydrogens is 195 g/mol. The third-order valence-corrected chi connectivity index (χ3v) is 2.06. The van der Waals surface area contributed by atoms with Gasteiger partial charge in [0.05, 0.1) is 0 Å². The zero-order valence-electron chi connectivity index (χ0n) is 7.97. The van der Waals surface area contributed by atoms with E-state index in [-0.39, 0.29) is 5.92 Å². The standard InChI is InChI=1S/C8H12F3N3/c1-5(4-12)6-3-7(8(9,10)11)13-14(6)2/h3,5H,4,12H2,1-2H3. The van der Waals surface area contributed by atoms with Gasteiger partial charge in [0.25, 0.3) is 0 Å². The molecule has 0 bridgehead atoms. The molecule has 14 heavy (non-hydrogen) atoms. The van der Waals surface area contributed by atoms with E-state index in [1.54, 1.807) is 6.92 Å². The van der Waals surface area contributed by atoms with E-state index in [0.29, 0.717) is 12.2 Å². The first-order valence-electron chi connectivity index (χ1n) is 4.17. The van der Waals surface area contributed by atoms with E-state index >= 15 is 0 Å². The van der Waals surface area contributed by atoms with Crippen molar-refractivity contribution in [3.05, 3.63) is 17.5 Å². The molecule has 6 heteroatoms. The smallest absolute Gasteiger partial charge is 0.330 e. The second kappa shape index (κ2) is 3.61. The highest BCUT2D eigenvalue weighted by Gasteiger charge is 2.34. The van der Waals surface area contributed by atoms with Gasteiger partial charge in [-0.3, -0.25) is 4.68 Å². The minimum Gasteiger partial charge on any atom is -0.330 e. The summed E-state index contributed by atoms with van der Waals surface area (Å²) in [4.78, 5) is 0. The molecule has 0 aliphatic carbocycles. The molecule has 1 atom stereocenters. The van der Waals surface area contributed by atoms with Gasteiger partial charge in [0.1, 0.15) is 0 Å². The van der Waals surface area contributed by atoms with Gasteiger partial charge in [-0.2, -0.15) is 18.3 Å². The zero-order chi connectivity index (χ0) is 10.9. The number of aromatic nitrogens is 2. The van der Waals surface area contributed by atoms with E-state index in [4.69, 9.17) is 5.73 Å². The predicted octanol–water partition coefficient (Wildman–Crippen LogP) is 1.50. The van der Waals surface area contributed by atoms with Crippen LogP contribution in [-0.2, 0) is 13.2 Å². The van der Waals surface area contributed by atoms with Gasteiger partial charge in [0.2, 0.25) is 0 Å². The van der Waals surface area contributed by atoms with Gasteiger partial charge in [-0.15, -0.1) is 0 Å². The second-order valence-electron chi connectivity index (χ2n) is 3.21. The Labute approximate surface area is 79.7 Å². The summed E-state index contributed by atoms with van der Waals surface area (Å²) >= 11 is 0. The van der Waals surface area contributed by atoms with Crippen LogP contribution in [0.2, 0.25) is 0 Å². The predicted molar refractivity (Wildman–Crippen MR) is 45.7 cm³/mol. The number of nitrogens with zero attached hydrogens (tertiary/aromatic N) is 2. The van der Waals surface area contributed by atoms with Gasteiger partial charge in [-0.1, -0.05) is 6.92 Å². The van der Waals surface area contributed by atoms with Crippen LogP contribution in [0.3, 0.4) is 0 Å². The van der Waals surface area contributed by atoms with Crippen LogP contribution in [0.15, 0.2) is 6.07 Å². The van der Waals surface area contributed by atoms with Crippen molar-refractivity contribution in [2.24, 2.45) is 12.8 Å². The number of hydrogen-bond donors (Lipinski definition) is 1. The first-order chi connectivity index (χ1) is 6.36. The summed E-state index contributed by atoms with van der Waals surface area (Å²) in [7, 11) is 1.48. The molecule has 0 aliphatic rings. The zero-order valence-corrected chi connectivity index (χ0v) is 7.97. The van der Waals surface area contributed by atoms with E-state index in [9.17, 15) is 13.2 Å². The Hall–Kier alpha value is -1.04. The maximum Gasteiger partial charge on any atom is 0.435 e. The molecular formula is C8H12F3N3. The maximum atomic E-state index is 12.2. The van der Waals surface area contributed by atoms with Crippen molar-refractivity contribution >= 4 is 0 Å². The van der Waals surface area contributed by atoms with Crippen molar-refractivity contribution in [2.45, 2.75) is 19.0 Å². The fourth-order valence-corrected chi connectivity index (χ4v) is 1.20. The average molecular weight is 207 g/mol. The van der Waals surface area contributed by atoms with Gasteiger partial charge in [0, 0.05) is 25.2 Å². The summed E-state index contributed by atoms with van der Waals surface area (Å²) in [5.74, 6) is -0.122. The van der Waals surface area contributed by atoms with E-state index < -0.39 is 11.9 Å². The first kappa shape index (κ1) is 11.0. The lowest BCUT2D eigenvalue weighted by molar-refractivity contribution is -0.141. The minimum atomic E-state index is -4.38. The maximum absolute atomic E-state index is 12.2. The number of nitrogens with two attached hydrogens (primary N) is 1. The van der Waals surface area contributed by atoms with E-state index in [2.05, 4.69) is 5.10 Å². The van der Waals surface area contributed by atoms with Crippen LogP contribution in [-0.4, -0.2) is 16.3 Å². The van der Waals surface area contributed by atoms with Crippen LogP contribution in [0.1, 0.15) is 24.2 Å². The number of aryl methyl sites for hydroxylation is 1. The Bertz CT molecular complexity index is 316. The van der Waals surface area contributed by atoms with Gasteiger partial charge in [-0.25, -0.2) is 0 Å². The summed E-state index contributed by atoms with van der Waals surface area (Å²) in [6.07, 6.45) is -4.38. The van der Waals surface area contributed by atoms with Crippen molar-refractivity contribution in [3.63, 3.8) is 0 Å². The van der Waals surface area contributed by atoms with Crippen LogP contribution in [0.25, 0.3) is 0 Å². The Morgan fingerprint density at radius 2 is 2.14 bits per heavy atom. The van der Waals surface area contributed by atoms with Crippen molar-refractivity contribution in [2.75, 3.05) is 6.54 Å². The van der Waals surface area contributed by atoms with E-state index in [0.717, 1.165) is 6.07 Å². The van der Waals surface area contributed by atoms with Crippen molar-refractivity contribution in [3.8, 4) is 0 Å². The molecule has 0 aliphatic heterocycles. The van der Waals surface area contributed by atoms with Crippen molar-refractivity contribution in [1.29, 1.82) is 0 Å². The number of halogens is 3. The molecule has 1 rings (SSSR count). The molecule has 0 radical (unpaired) electrons. The van der Waals surface area contributed by atoms with Gasteiger partial charge in [0.15, 0.2) is 5.69 Å². The molecule has 0 saturated carbocycles. The lowest BCUT2D eigenvalue weighted by Crippen LogP contribution is -2.12. The lowest BCUT2D eigenvalue weighted by Gasteiger charge is -2.07. The molecule has 1 unspecified atom stereocenters. The molecule has 80 valence electrons. The molecule has 0 aromatic carbocycles. The highest BCUT2D eigenvalue weighted by atomic mass is 19.4. The van der Waals surface area contributed by atoms with Gasteiger partial charge < -0.3 is 5.73 Å². The average Bonchev–Trinajstić information content (AvgIpc) is 2.45. The van der Waals surface area contributed by atoms with Crippen LogP contribution in [0.4, 0.5) is 13.2 Å². The fourth-order valence-electron chi connectivity index (χ4n) is 1.20. The van der Waals surface area contributed by atoms with Crippen molar-refractivity contribution < 1.29 is 13.2 Å². The summed E-state index contributed by atoms with van der Waals surface area (Å²) in [6, 6.07) is 1.04. The topological polar surface area (TPSA) is 43.8 Å². The molecule has 0 saturated heterocycles. The molecule has 3 nitrogen and oxygen atoms in total. The van der Waals surface area contributed by atoms with Crippen LogP contribution in [0, 0.1) is 0 Å². The summed E-state index contributed by atoms with van der Waals surface area (Å²) in [6.45, 7) is 2.06. The fraction of sp³-hybridized carbons (Fsp3) is 0.625. The molecule has 0 amide bonds. The van der Waals surface area contributed by atoms with Crippen LogP contribution < -0.4 is 5.73 Å². The molecule has 1 heterocycles. The normalized spacial score (nSPS) is 14.4. The van der Waals surface area contributed by atoms with Crippen LogP contribution in [0.5, 0.6) is 0 Å². The quantitative estimate of drug-likeness (QED) is 0.798. The first-order valence-corrected chi connectivity index (χ1v) is 4.17. The molecule has 1 aromatic heterocycles. The second-order valence-corrected chi connectivity index (χ2v) is 3.21. The summed E-state index contributed by atoms with van der Waals surface area (Å²) < 4.78 is 37.9. The van der Waals surface area contributed by atoms with Crippen LogP contribution >= 0.6 is 0 Å². The molecule has 1 aromatic rings. The Morgan fingerprint density at radius 1 is 1.57 bits per heavy atom. The van der Waals surface area contributed by atoms with E-state index in [1.165, 1.54) is 11.7 Å². The SMILES string of the molecule is CC(CN)c1cc(C(F)(F)F)nn1C. The van der Waals surface area contributed by atoms with Gasteiger partial charge in [-0.05, 0) is 6.07 Å². The lowest BCUT2D eigenvalue weighted by atomic mass is 10.1. The number of alkyl halides is 3. The number of rotatable bonds is 2. The Balaban J connectivity index is 3.05. The largest absolute Gasteiger partial charge is 0.435 e. The monoisotopic (exact) mass is 207 g/mol. The van der Waals surface area contributed by atoms with Gasteiger partial charge >= 0.3 is 6.18 Å². The molecule has 2 N–H and O–H groups in total. The number of hydrogen-bond acceptors (Lipinski definition) is 2. The van der Waals surface area contributed by atoms with E-state index in [1.807, 2.05) is 0 Å². The summed E-state index contributed by atoms with van der Waals surface area (Å²) in [5.41, 5.74) is 5.00. The third-order valence-electron chi connectivity index (χ3n) is 2.06.